The van der Waals surface area contributed by atoms with Crippen molar-refractivity contribution in [2.75, 3.05) is 18.0 Å². The largest absolute Gasteiger partial charge is 0.362 e. The number of hydrogen-bond acceptors (Lipinski definition) is 3. The smallest absolute Gasteiger partial charge is 0.219 e. The maximum Gasteiger partial charge on any atom is 0.219 e. The number of rotatable bonds is 1. The lowest BCUT2D eigenvalue weighted by molar-refractivity contribution is -0.129. The summed E-state index contributed by atoms with van der Waals surface area (Å²) in [6.45, 7) is 3.30. The van der Waals surface area contributed by atoms with E-state index in [1.165, 1.54) is 5.69 Å². The number of nitrogens with zero attached hydrogens (tertiary/aromatic N) is 3. The minimum atomic E-state index is 0.177. The Labute approximate surface area is 113 Å². The van der Waals surface area contributed by atoms with Gasteiger partial charge in [0.05, 0.1) is 11.6 Å². The molecule has 0 aromatic heterocycles. The lowest BCUT2D eigenvalue weighted by atomic mass is 10.1. The van der Waals surface area contributed by atoms with Crippen molar-refractivity contribution in [1.29, 1.82) is 5.26 Å². The van der Waals surface area contributed by atoms with Crippen LogP contribution >= 0.6 is 0 Å². The molecule has 0 spiro atoms. The van der Waals surface area contributed by atoms with E-state index in [4.69, 9.17) is 5.26 Å². The molecule has 0 aliphatic carbocycles. The number of nitriles is 1. The summed E-state index contributed by atoms with van der Waals surface area (Å²) in [6.07, 6.45) is 2.29. The molecule has 0 saturated carbocycles. The van der Waals surface area contributed by atoms with E-state index in [1.54, 1.807) is 6.92 Å². The molecule has 98 valence electrons. The molecule has 3 rings (SSSR count). The molecule has 1 aromatic carbocycles. The van der Waals surface area contributed by atoms with E-state index in [0.717, 1.165) is 25.9 Å². The van der Waals surface area contributed by atoms with Crippen LogP contribution in [0.4, 0.5) is 5.69 Å². The second-order valence-electron chi connectivity index (χ2n) is 5.37. The normalized spacial score (nSPS) is 25.3. The summed E-state index contributed by atoms with van der Waals surface area (Å²) in [4.78, 5) is 15.9. The molecule has 0 N–H and O–H groups in total. The van der Waals surface area contributed by atoms with Crippen molar-refractivity contribution in [3.05, 3.63) is 29.8 Å². The maximum atomic E-state index is 11.5. The van der Waals surface area contributed by atoms with Gasteiger partial charge in [0, 0.05) is 37.8 Å². The van der Waals surface area contributed by atoms with Gasteiger partial charge in [0.2, 0.25) is 5.91 Å². The SMILES string of the molecule is CC(=O)N1CC2CCC(C1)N2c1ccc(C#N)cc1. The van der Waals surface area contributed by atoms with Gasteiger partial charge < -0.3 is 9.80 Å². The van der Waals surface area contributed by atoms with Crippen molar-refractivity contribution < 1.29 is 4.79 Å². The molecular formula is C15H17N3O. The molecule has 2 unspecified atom stereocenters. The number of benzene rings is 1. The summed E-state index contributed by atoms with van der Waals surface area (Å²) < 4.78 is 0. The fraction of sp³-hybridized carbons (Fsp3) is 0.467. The molecule has 4 nitrogen and oxygen atoms in total. The summed E-state index contributed by atoms with van der Waals surface area (Å²) in [7, 11) is 0. The number of anilines is 1. The Morgan fingerprint density at radius 1 is 1.21 bits per heavy atom. The van der Waals surface area contributed by atoms with Crippen LogP contribution in [0.25, 0.3) is 0 Å². The van der Waals surface area contributed by atoms with Gasteiger partial charge in [0.15, 0.2) is 0 Å². The highest BCUT2D eigenvalue weighted by Gasteiger charge is 2.40. The number of amides is 1. The molecule has 2 saturated heterocycles. The van der Waals surface area contributed by atoms with E-state index in [9.17, 15) is 4.79 Å². The van der Waals surface area contributed by atoms with Crippen LogP contribution in [0, 0.1) is 11.3 Å². The zero-order valence-electron chi connectivity index (χ0n) is 11.0. The topological polar surface area (TPSA) is 47.3 Å². The third kappa shape index (κ3) is 2.06. The molecule has 2 aliphatic rings. The zero-order valence-corrected chi connectivity index (χ0v) is 11.0. The summed E-state index contributed by atoms with van der Waals surface area (Å²) in [5.74, 6) is 0.177. The first-order chi connectivity index (χ1) is 9.19. The average molecular weight is 255 g/mol. The standard InChI is InChI=1S/C15H17N3O/c1-11(19)17-9-14-6-7-15(10-17)18(14)13-4-2-12(8-16)3-5-13/h2-5,14-15H,6-7,9-10H2,1H3. The number of carbonyl (C=O) groups is 1. The van der Waals surface area contributed by atoms with E-state index >= 15 is 0 Å². The molecule has 1 amide bonds. The number of fused-ring (bicyclic) bond motifs is 2. The lowest BCUT2D eigenvalue weighted by Crippen LogP contribution is -2.55. The summed E-state index contributed by atoms with van der Waals surface area (Å²) >= 11 is 0. The van der Waals surface area contributed by atoms with E-state index in [0.29, 0.717) is 17.6 Å². The van der Waals surface area contributed by atoms with Gasteiger partial charge in [-0.3, -0.25) is 4.79 Å². The highest BCUT2D eigenvalue weighted by Crippen LogP contribution is 2.34. The highest BCUT2D eigenvalue weighted by atomic mass is 16.2. The van der Waals surface area contributed by atoms with E-state index in [1.807, 2.05) is 29.2 Å². The first kappa shape index (κ1) is 12.0. The minimum absolute atomic E-state index is 0.177. The third-order valence-corrected chi connectivity index (χ3v) is 4.22. The summed E-state index contributed by atoms with van der Waals surface area (Å²) in [6, 6.07) is 10.8. The number of likely N-dealkylation sites (tertiary alicyclic amines) is 1. The van der Waals surface area contributed by atoms with Crippen molar-refractivity contribution in [3.63, 3.8) is 0 Å². The third-order valence-electron chi connectivity index (χ3n) is 4.22. The van der Waals surface area contributed by atoms with Crippen molar-refractivity contribution in [2.24, 2.45) is 0 Å². The Morgan fingerprint density at radius 3 is 2.26 bits per heavy atom. The fourth-order valence-electron chi connectivity index (χ4n) is 3.29. The molecule has 4 heteroatoms. The number of carbonyl (C=O) groups excluding carboxylic acids is 1. The molecule has 0 radical (unpaired) electrons. The van der Waals surface area contributed by atoms with Crippen LogP contribution < -0.4 is 4.90 Å². The zero-order chi connectivity index (χ0) is 13.4. The fourth-order valence-corrected chi connectivity index (χ4v) is 3.29. The molecular weight excluding hydrogens is 238 g/mol. The van der Waals surface area contributed by atoms with E-state index in [-0.39, 0.29) is 5.91 Å². The monoisotopic (exact) mass is 255 g/mol. The quantitative estimate of drug-likeness (QED) is 0.768. The first-order valence-corrected chi connectivity index (χ1v) is 6.73. The van der Waals surface area contributed by atoms with Gasteiger partial charge in [-0.15, -0.1) is 0 Å². The minimum Gasteiger partial charge on any atom is -0.362 e. The lowest BCUT2D eigenvalue weighted by Gasteiger charge is -2.42. The van der Waals surface area contributed by atoms with Crippen LogP contribution in [0.1, 0.15) is 25.3 Å². The Morgan fingerprint density at radius 2 is 1.79 bits per heavy atom. The maximum absolute atomic E-state index is 11.5. The van der Waals surface area contributed by atoms with Crippen LogP contribution in [-0.2, 0) is 4.79 Å². The molecule has 2 bridgehead atoms. The van der Waals surface area contributed by atoms with Crippen LogP contribution in [-0.4, -0.2) is 36.0 Å². The number of hydrogen-bond donors (Lipinski definition) is 0. The molecule has 2 fully saturated rings. The van der Waals surface area contributed by atoms with E-state index < -0.39 is 0 Å². The van der Waals surface area contributed by atoms with Crippen molar-refractivity contribution in [3.8, 4) is 6.07 Å². The van der Waals surface area contributed by atoms with Crippen molar-refractivity contribution >= 4 is 11.6 Å². The summed E-state index contributed by atoms with van der Waals surface area (Å²) in [5.41, 5.74) is 1.87. The Hall–Kier alpha value is -2.02. The van der Waals surface area contributed by atoms with Gasteiger partial charge in [0.1, 0.15) is 0 Å². The van der Waals surface area contributed by atoms with Crippen LogP contribution in [0.3, 0.4) is 0 Å². The Kier molecular flexibility index (Phi) is 2.90. The second kappa shape index (κ2) is 4.58. The van der Waals surface area contributed by atoms with Gasteiger partial charge in [-0.1, -0.05) is 0 Å². The van der Waals surface area contributed by atoms with Gasteiger partial charge in [0.25, 0.3) is 0 Å². The highest BCUT2D eigenvalue weighted by molar-refractivity contribution is 5.74. The van der Waals surface area contributed by atoms with Crippen molar-refractivity contribution in [2.45, 2.75) is 31.8 Å². The second-order valence-corrected chi connectivity index (χ2v) is 5.37. The van der Waals surface area contributed by atoms with Gasteiger partial charge in [-0.2, -0.15) is 5.26 Å². The average Bonchev–Trinajstić information content (AvgIpc) is 2.68. The van der Waals surface area contributed by atoms with Gasteiger partial charge in [-0.25, -0.2) is 0 Å². The molecule has 2 atom stereocenters. The van der Waals surface area contributed by atoms with Gasteiger partial charge >= 0.3 is 0 Å². The molecule has 2 heterocycles. The predicted octanol–water partition coefficient (Wildman–Crippen LogP) is 1.76. The van der Waals surface area contributed by atoms with Crippen LogP contribution in [0.15, 0.2) is 24.3 Å². The Bertz CT molecular complexity index is 517. The predicted molar refractivity (Wildman–Crippen MR) is 72.7 cm³/mol. The number of piperazine rings is 1. The first-order valence-electron chi connectivity index (χ1n) is 6.73. The Balaban J connectivity index is 1.83. The molecule has 2 aliphatic heterocycles. The van der Waals surface area contributed by atoms with Gasteiger partial charge in [-0.05, 0) is 37.1 Å². The van der Waals surface area contributed by atoms with Crippen LogP contribution in [0.2, 0.25) is 0 Å². The molecule has 1 aromatic rings. The summed E-state index contributed by atoms with van der Waals surface area (Å²) in [5, 5.41) is 8.84. The van der Waals surface area contributed by atoms with Crippen molar-refractivity contribution in [1.82, 2.24) is 4.90 Å². The molecule has 19 heavy (non-hydrogen) atoms. The van der Waals surface area contributed by atoms with Crippen LogP contribution in [0.5, 0.6) is 0 Å². The van der Waals surface area contributed by atoms with E-state index in [2.05, 4.69) is 11.0 Å².